The van der Waals surface area contributed by atoms with Gasteiger partial charge in [-0.15, -0.1) is 0 Å². The van der Waals surface area contributed by atoms with E-state index in [9.17, 15) is 4.79 Å². The Hall–Kier alpha value is -1.87. The summed E-state index contributed by atoms with van der Waals surface area (Å²) >= 11 is 0. The fourth-order valence-electron chi connectivity index (χ4n) is 4.09. The van der Waals surface area contributed by atoms with Crippen LogP contribution in [0.15, 0.2) is 54.6 Å². The average Bonchev–Trinajstić information content (AvgIpc) is 2.83. The lowest BCUT2D eigenvalue weighted by Crippen LogP contribution is -2.41. The molecule has 0 N–H and O–H groups in total. The Morgan fingerprint density at radius 3 is 1.91 bits per heavy atom. The van der Waals surface area contributed by atoms with E-state index in [4.69, 9.17) is 9.47 Å². The van der Waals surface area contributed by atoms with E-state index in [2.05, 4.69) is 38.1 Å². The molecular weight excluding hydrogens is 396 g/mol. The van der Waals surface area contributed by atoms with Gasteiger partial charge in [-0.05, 0) is 30.6 Å². The lowest BCUT2D eigenvalue weighted by atomic mass is 9.88. The lowest BCUT2D eigenvalue weighted by molar-refractivity contribution is -0.161. The van der Waals surface area contributed by atoms with E-state index in [1.807, 2.05) is 30.4 Å². The van der Waals surface area contributed by atoms with Gasteiger partial charge in [0.2, 0.25) is 5.60 Å². The number of unbranched alkanes of at least 4 members (excludes halogenated alkanes) is 10. The molecule has 0 heterocycles. The van der Waals surface area contributed by atoms with Crippen LogP contribution in [0.5, 0.6) is 0 Å². The van der Waals surface area contributed by atoms with Gasteiger partial charge in [0.1, 0.15) is 0 Å². The van der Waals surface area contributed by atoms with Crippen molar-refractivity contribution in [3.63, 3.8) is 0 Å². The van der Waals surface area contributed by atoms with Crippen LogP contribution in [0.2, 0.25) is 0 Å². The van der Waals surface area contributed by atoms with Crippen LogP contribution in [0.4, 0.5) is 0 Å². The van der Waals surface area contributed by atoms with Crippen molar-refractivity contribution in [3.8, 4) is 0 Å². The molecule has 1 aromatic rings. The van der Waals surface area contributed by atoms with E-state index < -0.39 is 5.60 Å². The molecule has 1 aliphatic carbocycles. The molecule has 0 spiro atoms. The van der Waals surface area contributed by atoms with Crippen LogP contribution in [-0.2, 0) is 14.3 Å². The maximum absolute atomic E-state index is 13.0. The summed E-state index contributed by atoms with van der Waals surface area (Å²) in [4.78, 5) is 13.0. The fourth-order valence-corrected chi connectivity index (χ4v) is 4.09. The van der Waals surface area contributed by atoms with Crippen molar-refractivity contribution in [3.05, 3.63) is 60.2 Å². The largest absolute Gasteiger partial charge is 0.463 e. The minimum Gasteiger partial charge on any atom is -0.463 e. The Morgan fingerprint density at radius 2 is 1.28 bits per heavy atom. The summed E-state index contributed by atoms with van der Waals surface area (Å²) in [6.07, 6.45) is 22.3. The van der Waals surface area contributed by atoms with E-state index >= 15 is 0 Å². The highest BCUT2D eigenvalue weighted by molar-refractivity contribution is 5.85. The second-order valence-corrected chi connectivity index (χ2v) is 8.97. The fraction of sp³-hybridized carbons (Fsp3) is 0.621. The normalized spacial score (nSPS) is 19.9. The predicted octanol–water partition coefficient (Wildman–Crippen LogP) is 7.92. The molecule has 0 fully saturated rings. The van der Waals surface area contributed by atoms with E-state index in [0.29, 0.717) is 13.2 Å². The molecule has 0 atom stereocenters. The summed E-state index contributed by atoms with van der Waals surface area (Å²) in [6.45, 7) is 5.47. The van der Waals surface area contributed by atoms with Crippen molar-refractivity contribution in [1.82, 2.24) is 0 Å². The van der Waals surface area contributed by atoms with Gasteiger partial charge in [-0.1, -0.05) is 121 Å². The molecule has 1 aromatic carbocycles. The Bertz CT molecular complexity index is 663. The van der Waals surface area contributed by atoms with Gasteiger partial charge in [-0.25, -0.2) is 4.79 Å². The van der Waals surface area contributed by atoms with Crippen LogP contribution in [0.25, 0.3) is 0 Å². The first-order valence-corrected chi connectivity index (χ1v) is 13.0. The van der Waals surface area contributed by atoms with Crippen LogP contribution in [0.3, 0.4) is 0 Å². The van der Waals surface area contributed by atoms with Gasteiger partial charge in [-0.3, -0.25) is 0 Å². The topological polar surface area (TPSA) is 35.5 Å². The maximum atomic E-state index is 13.0. The van der Waals surface area contributed by atoms with Crippen LogP contribution in [0, 0.1) is 0 Å². The summed E-state index contributed by atoms with van der Waals surface area (Å²) in [7, 11) is 0. The van der Waals surface area contributed by atoms with Crippen LogP contribution >= 0.6 is 0 Å². The highest BCUT2D eigenvalue weighted by atomic mass is 16.6. The van der Waals surface area contributed by atoms with Crippen LogP contribution < -0.4 is 0 Å². The van der Waals surface area contributed by atoms with Crippen molar-refractivity contribution in [2.75, 3.05) is 13.2 Å². The van der Waals surface area contributed by atoms with Crippen LogP contribution in [-0.4, -0.2) is 24.8 Å². The summed E-state index contributed by atoms with van der Waals surface area (Å²) < 4.78 is 11.8. The number of hydrogen-bond donors (Lipinski definition) is 0. The van der Waals surface area contributed by atoms with Gasteiger partial charge in [0.05, 0.1) is 6.61 Å². The number of carbonyl (C=O) groups excluding carboxylic acids is 1. The smallest absolute Gasteiger partial charge is 0.346 e. The van der Waals surface area contributed by atoms with Gasteiger partial charge in [-0.2, -0.15) is 0 Å². The van der Waals surface area contributed by atoms with E-state index in [1.54, 1.807) is 0 Å². The molecule has 178 valence electrons. The molecule has 0 unspecified atom stereocenters. The number of benzene rings is 1. The van der Waals surface area contributed by atoms with Crippen molar-refractivity contribution < 1.29 is 14.3 Å². The third-order valence-electron chi connectivity index (χ3n) is 6.18. The molecule has 0 bridgehead atoms. The molecule has 0 saturated carbocycles. The van der Waals surface area contributed by atoms with Gasteiger partial charge < -0.3 is 9.47 Å². The van der Waals surface area contributed by atoms with Crippen LogP contribution in [0.1, 0.15) is 102 Å². The van der Waals surface area contributed by atoms with E-state index in [-0.39, 0.29) is 11.9 Å². The molecule has 0 aromatic heterocycles. The second-order valence-electron chi connectivity index (χ2n) is 8.97. The number of allylic oxidation sites excluding steroid dienone is 2. The molecule has 3 nitrogen and oxygen atoms in total. The first-order chi connectivity index (χ1) is 15.7. The summed E-state index contributed by atoms with van der Waals surface area (Å²) in [5.41, 5.74) is 0.126. The van der Waals surface area contributed by atoms with Gasteiger partial charge in [0, 0.05) is 12.5 Å². The maximum Gasteiger partial charge on any atom is 0.346 e. The van der Waals surface area contributed by atoms with Gasteiger partial charge >= 0.3 is 5.97 Å². The molecule has 3 heteroatoms. The summed E-state index contributed by atoms with van der Waals surface area (Å²) in [6, 6.07) is 10.3. The first-order valence-electron chi connectivity index (χ1n) is 13.0. The molecule has 0 amide bonds. The zero-order valence-electron chi connectivity index (χ0n) is 20.4. The van der Waals surface area contributed by atoms with Gasteiger partial charge in [0.15, 0.2) is 0 Å². The monoisotopic (exact) mass is 440 g/mol. The molecule has 0 radical (unpaired) electrons. The van der Waals surface area contributed by atoms with E-state index in [0.717, 1.165) is 25.7 Å². The molecule has 2 rings (SSSR count). The molecular formula is C29H44O3. The number of rotatable bonds is 17. The number of hydrogen-bond acceptors (Lipinski definition) is 3. The molecule has 32 heavy (non-hydrogen) atoms. The third kappa shape index (κ3) is 9.32. The zero-order valence-corrected chi connectivity index (χ0v) is 20.4. The minimum absolute atomic E-state index is 0.161. The molecule has 0 saturated heterocycles. The lowest BCUT2D eigenvalue weighted by Gasteiger charge is -2.29. The Balaban J connectivity index is 1.86. The Morgan fingerprint density at radius 1 is 0.750 bits per heavy atom. The quantitative estimate of drug-likeness (QED) is 0.140. The molecule has 1 aliphatic rings. The number of ether oxygens (including phenoxy) is 2. The number of esters is 1. The highest BCUT2D eigenvalue weighted by Gasteiger charge is 2.38. The van der Waals surface area contributed by atoms with Crippen molar-refractivity contribution >= 4 is 5.97 Å². The third-order valence-corrected chi connectivity index (χ3v) is 6.18. The standard InChI is InChI=1S/C29H44O3/c1-3-5-7-9-10-11-12-17-25-32-29(28(30)31-24-16-8-6-4-2)22-20-27(21-23-29)26-18-14-13-15-19-26/h13-15,18-23,27H,3-12,16-17,24-25H2,1-2H3. The van der Waals surface area contributed by atoms with Gasteiger partial charge in [0.25, 0.3) is 0 Å². The highest BCUT2D eigenvalue weighted by Crippen LogP contribution is 2.30. The Labute approximate surface area is 196 Å². The predicted molar refractivity (Wildman–Crippen MR) is 134 cm³/mol. The summed E-state index contributed by atoms with van der Waals surface area (Å²) in [5, 5.41) is 0. The minimum atomic E-state index is -1.09. The SMILES string of the molecule is CCCCCCCCCCOC1(C(=O)OCCCCCC)C=CC(c2ccccc2)C=C1. The Kier molecular flexibility index (Phi) is 13.1. The van der Waals surface area contributed by atoms with E-state index in [1.165, 1.54) is 56.9 Å². The second kappa shape index (κ2) is 15.9. The van der Waals surface area contributed by atoms with Crippen molar-refractivity contribution in [2.24, 2.45) is 0 Å². The van der Waals surface area contributed by atoms with Crippen molar-refractivity contribution in [1.29, 1.82) is 0 Å². The zero-order chi connectivity index (χ0) is 22.9. The summed E-state index contributed by atoms with van der Waals surface area (Å²) in [5.74, 6) is -0.124. The van der Waals surface area contributed by atoms with Crippen molar-refractivity contribution in [2.45, 2.75) is 102 Å². The molecule has 0 aliphatic heterocycles. The number of carbonyl (C=O) groups is 1. The first kappa shape index (κ1) is 26.4. The average molecular weight is 441 g/mol.